The number of piperidine rings is 1. The topological polar surface area (TPSA) is 184 Å². The Labute approximate surface area is 350 Å². The fraction of sp³-hybridized carbons (Fsp3) is 0.800. The van der Waals surface area contributed by atoms with Crippen molar-refractivity contribution in [3.8, 4) is 0 Å². The summed E-state index contributed by atoms with van der Waals surface area (Å²) in [5.74, 6) is -8.26. The number of ether oxygens (including phenoxy) is 6. The van der Waals surface area contributed by atoms with Crippen molar-refractivity contribution in [2.24, 2.45) is 29.6 Å². The van der Waals surface area contributed by atoms with E-state index in [0.717, 1.165) is 5.57 Å². The molecule has 1 amide bonds. The molecule has 3 heterocycles. The Morgan fingerprint density at radius 2 is 1.58 bits per heavy atom. The van der Waals surface area contributed by atoms with Crippen LogP contribution in [0, 0.1) is 29.6 Å². The van der Waals surface area contributed by atoms with E-state index < -0.39 is 89.8 Å². The van der Waals surface area contributed by atoms with Gasteiger partial charge in [-0.05, 0) is 95.5 Å². The van der Waals surface area contributed by atoms with Crippen LogP contribution in [0.5, 0.6) is 0 Å². The van der Waals surface area contributed by atoms with Crippen molar-refractivity contribution in [3.05, 3.63) is 23.3 Å². The molecule has 14 nitrogen and oxygen atoms in total. The second-order valence-electron chi connectivity index (χ2n) is 17.7. The molecule has 14 heteroatoms. The van der Waals surface area contributed by atoms with E-state index in [9.17, 15) is 34.2 Å². The number of nitrogens with zero attached hydrogens (tertiary/aromatic N) is 1. The average Bonchev–Trinajstić information content (AvgIpc) is 3.20. The van der Waals surface area contributed by atoms with Gasteiger partial charge in [0.15, 0.2) is 0 Å². The van der Waals surface area contributed by atoms with Crippen molar-refractivity contribution < 1.29 is 62.6 Å². The molecule has 59 heavy (non-hydrogen) atoms. The lowest BCUT2D eigenvalue weighted by atomic mass is 9.81. The van der Waals surface area contributed by atoms with Crippen LogP contribution >= 0.6 is 0 Å². The predicted octanol–water partition coefficient (Wildman–Crippen LogP) is 5.04. The zero-order valence-electron chi connectivity index (χ0n) is 37.0. The highest BCUT2D eigenvalue weighted by molar-refractivity contribution is 6.39. The molecule has 0 aromatic carbocycles. The number of cyclic esters (lactones) is 1. The first-order chi connectivity index (χ1) is 27.9. The van der Waals surface area contributed by atoms with Crippen molar-refractivity contribution in [3.63, 3.8) is 0 Å². The number of aliphatic hydroxyl groups is 2. The summed E-state index contributed by atoms with van der Waals surface area (Å²) in [6.07, 6.45) is 3.60. The second-order valence-corrected chi connectivity index (χ2v) is 17.7. The summed E-state index contributed by atoms with van der Waals surface area (Å²) < 4.78 is 35.8. The highest BCUT2D eigenvalue weighted by Crippen LogP contribution is 2.39. The summed E-state index contributed by atoms with van der Waals surface area (Å²) in [5, 5.41) is 22.6. The number of hydrogen-bond acceptors (Lipinski definition) is 13. The van der Waals surface area contributed by atoms with Crippen LogP contribution in [0.3, 0.4) is 0 Å². The lowest BCUT2D eigenvalue weighted by Crippen LogP contribution is -2.64. The van der Waals surface area contributed by atoms with E-state index in [-0.39, 0.29) is 49.5 Å². The van der Waals surface area contributed by atoms with Gasteiger partial charge in [0.25, 0.3) is 11.7 Å². The number of esters is 2. The van der Waals surface area contributed by atoms with E-state index >= 15 is 0 Å². The maximum atomic E-state index is 14.5. The first kappa shape index (κ1) is 48.7. The highest BCUT2D eigenvalue weighted by Gasteiger charge is 2.56. The number of carbonyl (C=O) groups is 5. The van der Waals surface area contributed by atoms with Gasteiger partial charge in [0, 0.05) is 59.0 Å². The molecular weight excluding hydrogens is 762 g/mol. The zero-order valence-corrected chi connectivity index (χ0v) is 37.0. The number of allylic oxidation sites excluding steroid dienone is 3. The van der Waals surface area contributed by atoms with Gasteiger partial charge in [-0.2, -0.15) is 0 Å². The third kappa shape index (κ3) is 11.9. The molecule has 1 aliphatic carbocycles. The largest absolute Gasteiger partial charge is 0.462 e. The molecule has 14 atom stereocenters. The standard InChI is InChI=1S/C45H71NO13/c1-11-32-19-25(2)18-26(3)20-38(55-9)41-39(56-10)22-28(5)45(53,59-41)42(50)43(51)46-17-13-12-14-33(46)44(52)58-40(29(6)36(24-35(32)49)57-30(7)47)27(4)21-31-15-16-34(48)37(23-31)54-8/h19,21,26,28-29,31-34,36-41,48,53H,11-18,20,22-24H2,1-10H3/b25-19+,27-21+/t26-,28+,29-,31?,32+,33-,34+,36-,37+,38-,39-,40+,41+,45+/m0/s1. The number of rotatable bonds is 7. The summed E-state index contributed by atoms with van der Waals surface area (Å²) in [6.45, 7) is 12.5. The monoisotopic (exact) mass is 833 g/mol. The van der Waals surface area contributed by atoms with E-state index in [0.29, 0.717) is 56.9 Å². The van der Waals surface area contributed by atoms with E-state index in [1.165, 1.54) is 26.0 Å². The lowest BCUT2D eigenvalue weighted by Gasteiger charge is -2.47. The van der Waals surface area contributed by atoms with Crippen LogP contribution in [0.1, 0.15) is 119 Å². The third-order valence-electron chi connectivity index (χ3n) is 13.2. The fourth-order valence-corrected chi connectivity index (χ4v) is 9.74. The number of carbonyl (C=O) groups excluding carboxylic acids is 5. The second kappa shape index (κ2) is 21.7. The SMILES string of the molecule is CC[C@@H]1/C=C(\C)C[C@H](C)C[C@H](OC)[C@H]2O[C@@](O)(C(=O)C(=O)N3CCCC[C@H]3C(=O)O[C@H](/C(C)=C/C3CC[C@@H](O)[C@H](OC)C3)[C@@H](C)[C@@H](OC(C)=O)CC1=O)[C@H](C)C[C@@H]2OC. The van der Waals surface area contributed by atoms with Gasteiger partial charge in [-0.15, -0.1) is 0 Å². The molecule has 0 aromatic heterocycles. The van der Waals surface area contributed by atoms with Gasteiger partial charge in [0.2, 0.25) is 5.79 Å². The number of amides is 1. The number of hydrogen-bond donors (Lipinski definition) is 2. The van der Waals surface area contributed by atoms with Gasteiger partial charge in [-0.25, -0.2) is 4.79 Å². The molecule has 1 unspecified atom stereocenters. The molecule has 2 saturated heterocycles. The molecule has 2 bridgehead atoms. The lowest BCUT2D eigenvalue weighted by molar-refractivity contribution is -0.302. The van der Waals surface area contributed by atoms with Crippen LogP contribution in [0.15, 0.2) is 23.3 Å². The fourth-order valence-electron chi connectivity index (χ4n) is 9.74. The van der Waals surface area contributed by atoms with E-state index in [2.05, 4.69) is 0 Å². The van der Waals surface area contributed by atoms with Gasteiger partial charge in [-0.1, -0.05) is 45.4 Å². The molecule has 3 aliphatic heterocycles. The first-order valence-electron chi connectivity index (χ1n) is 21.7. The molecule has 0 radical (unpaired) electrons. The van der Waals surface area contributed by atoms with Crippen LogP contribution in [-0.4, -0.2) is 127 Å². The van der Waals surface area contributed by atoms with Gasteiger partial charge in [0.05, 0.1) is 24.4 Å². The number of Topliss-reactive ketones (excluding diaryl/α,β-unsaturated/α-hetero) is 2. The number of methoxy groups -OCH3 is 3. The summed E-state index contributed by atoms with van der Waals surface area (Å²) in [4.78, 5) is 71.0. The molecule has 1 saturated carbocycles. The van der Waals surface area contributed by atoms with E-state index in [4.69, 9.17) is 28.4 Å². The molecule has 334 valence electrons. The maximum absolute atomic E-state index is 14.5. The smallest absolute Gasteiger partial charge is 0.329 e. The van der Waals surface area contributed by atoms with Crippen LogP contribution in [0.2, 0.25) is 0 Å². The number of ketones is 2. The van der Waals surface area contributed by atoms with E-state index in [1.54, 1.807) is 21.0 Å². The number of fused-ring (bicyclic) bond motifs is 3. The van der Waals surface area contributed by atoms with Gasteiger partial charge in [0.1, 0.15) is 30.1 Å². The molecule has 3 fully saturated rings. The molecule has 2 N–H and O–H groups in total. The molecule has 4 rings (SSSR count). The zero-order chi connectivity index (χ0) is 43.8. The van der Waals surface area contributed by atoms with Crippen LogP contribution in [0.4, 0.5) is 0 Å². The minimum atomic E-state index is -2.52. The molecule has 4 aliphatic rings. The average molecular weight is 834 g/mol. The Kier molecular flexibility index (Phi) is 17.9. The van der Waals surface area contributed by atoms with Gasteiger partial charge < -0.3 is 43.5 Å². The quantitative estimate of drug-likeness (QED) is 0.198. The Balaban J connectivity index is 1.82. The Bertz CT molecular complexity index is 1540. The van der Waals surface area contributed by atoms with Crippen molar-refractivity contribution in [2.75, 3.05) is 27.9 Å². The summed E-state index contributed by atoms with van der Waals surface area (Å²) >= 11 is 0. The number of aliphatic hydroxyl groups excluding tert-OH is 1. The Hall–Kier alpha value is -3.01. The summed E-state index contributed by atoms with van der Waals surface area (Å²) in [5.41, 5.74) is 1.63. The van der Waals surface area contributed by atoms with Crippen LogP contribution < -0.4 is 0 Å². The summed E-state index contributed by atoms with van der Waals surface area (Å²) in [7, 11) is 4.61. The third-order valence-corrected chi connectivity index (χ3v) is 13.2. The molecular formula is C45H71NO13. The maximum Gasteiger partial charge on any atom is 0.329 e. The highest BCUT2D eigenvalue weighted by atomic mass is 16.7. The van der Waals surface area contributed by atoms with E-state index in [1.807, 2.05) is 39.8 Å². The van der Waals surface area contributed by atoms with Crippen molar-refractivity contribution >= 4 is 29.4 Å². The predicted molar refractivity (Wildman–Crippen MR) is 218 cm³/mol. The van der Waals surface area contributed by atoms with Crippen molar-refractivity contribution in [1.29, 1.82) is 0 Å². The molecule has 0 aromatic rings. The van der Waals surface area contributed by atoms with Crippen LogP contribution in [-0.2, 0) is 52.4 Å². The minimum absolute atomic E-state index is 0.0111. The Morgan fingerprint density at radius 3 is 2.20 bits per heavy atom. The van der Waals surface area contributed by atoms with Crippen LogP contribution in [0.25, 0.3) is 0 Å². The normalized spacial score (nSPS) is 39.9. The van der Waals surface area contributed by atoms with Gasteiger partial charge >= 0.3 is 11.9 Å². The van der Waals surface area contributed by atoms with Gasteiger partial charge in [-0.3, -0.25) is 19.2 Å². The molecule has 0 spiro atoms. The van der Waals surface area contributed by atoms with Crippen molar-refractivity contribution in [1.82, 2.24) is 4.90 Å². The van der Waals surface area contributed by atoms with Crippen molar-refractivity contribution in [2.45, 2.75) is 174 Å². The first-order valence-corrected chi connectivity index (χ1v) is 21.7. The summed E-state index contributed by atoms with van der Waals surface area (Å²) in [6, 6.07) is -1.16. The minimum Gasteiger partial charge on any atom is -0.462 e. The Morgan fingerprint density at radius 1 is 0.915 bits per heavy atom.